The van der Waals surface area contributed by atoms with Crippen molar-refractivity contribution < 1.29 is 4.79 Å². The predicted molar refractivity (Wildman–Crippen MR) is 73.0 cm³/mol. The molecule has 0 bridgehead atoms. The van der Waals surface area contributed by atoms with Gasteiger partial charge in [0.05, 0.1) is 5.54 Å². The van der Waals surface area contributed by atoms with Gasteiger partial charge >= 0.3 is 5.69 Å². The summed E-state index contributed by atoms with van der Waals surface area (Å²) in [4.78, 5) is 23.0. The fourth-order valence-corrected chi connectivity index (χ4v) is 3.84. The van der Waals surface area contributed by atoms with Gasteiger partial charge in [0.15, 0.2) is 5.16 Å². The Hall–Kier alpha value is -1.28. The third-order valence-electron chi connectivity index (χ3n) is 3.73. The van der Waals surface area contributed by atoms with E-state index in [0.717, 1.165) is 12.8 Å². The van der Waals surface area contributed by atoms with Gasteiger partial charge in [-0.1, -0.05) is 11.8 Å². The van der Waals surface area contributed by atoms with Gasteiger partial charge in [0.2, 0.25) is 5.91 Å². The fraction of sp³-hybridized carbons (Fsp3) is 0.727. The number of rotatable bonds is 5. The molecule has 106 valence electrons. The molecule has 1 amide bonds. The van der Waals surface area contributed by atoms with E-state index in [1.54, 1.807) is 11.6 Å². The van der Waals surface area contributed by atoms with Crippen LogP contribution in [0.2, 0.25) is 0 Å². The highest BCUT2D eigenvalue weighted by atomic mass is 32.2. The second kappa shape index (κ2) is 5.38. The van der Waals surface area contributed by atoms with Gasteiger partial charge in [-0.05, 0) is 33.2 Å². The monoisotopic (exact) mass is 285 g/mol. The third kappa shape index (κ3) is 2.55. The van der Waals surface area contributed by atoms with Crippen molar-refractivity contribution in [3.05, 3.63) is 10.5 Å². The molecule has 2 rings (SSSR count). The van der Waals surface area contributed by atoms with Crippen molar-refractivity contribution in [3.63, 3.8) is 0 Å². The molecule has 2 unspecified atom stereocenters. The topological polar surface area (TPSA) is 106 Å². The van der Waals surface area contributed by atoms with Crippen LogP contribution in [0.5, 0.6) is 0 Å². The lowest BCUT2D eigenvalue weighted by Crippen LogP contribution is -2.52. The van der Waals surface area contributed by atoms with E-state index in [0.29, 0.717) is 18.1 Å². The zero-order valence-electron chi connectivity index (χ0n) is 11.1. The maximum absolute atomic E-state index is 11.6. The molecule has 0 aliphatic heterocycles. The SMILES string of the molecule is CCn1c(SC2CCC(NC)(C(N)=O)C2)n[nH]c1=O. The van der Waals surface area contributed by atoms with Gasteiger partial charge < -0.3 is 11.1 Å². The first-order valence-electron chi connectivity index (χ1n) is 6.33. The number of H-pyrrole nitrogens is 1. The van der Waals surface area contributed by atoms with E-state index >= 15 is 0 Å². The van der Waals surface area contributed by atoms with Crippen molar-refractivity contribution in [2.24, 2.45) is 5.73 Å². The Morgan fingerprint density at radius 2 is 2.47 bits per heavy atom. The highest BCUT2D eigenvalue weighted by molar-refractivity contribution is 7.99. The van der Waals surface area contributed by atoms with E-state index in [1.165, 1.54) is 11.8 Å². The molecule has 0 saturated heterocycles. The van der Waals surface area contributed by atoms with Gasteiger partial charge in [-0.3, -0.25) is 9.36 Å². The standard InChI is InChI=1S/C11H19N5O2S/c1-3-16-9(18)14-15-10(16)19-7-4-5-11(6-7,13-2)8(12)17/h7,13H,3-6H2,1-2H3,(H2,12,17)(H,14,18). The summed E-state index contributed by atoms with van der Waals surface area (Å²) in [6, 6.07) is 0. The molecule has 2 atom stereocenters. The number of aromatic nitrogens is 3. The van der Waals surface area contributed by atoms with Crippen molar-refractivity contribution in [2.45, 2.75) is 48.7 Å². The lowest BCUT2D eigenvalue weighted by atomic mass is 9.97. The second-order valence-corrected chi connectivity index (χ2v) is 6.00. The minimum absolute atomic E-state index is 0.197. The highest BCUT2D eigenvalue weighted by Gasteiger charge is 2.43. The van der Waals surface area contributed by atoms with Crippen LogP contribution in [-0.4, -0.2) is 38.5 Å². The van der Waals surface area contributed by atoms with Crippen LogP contribution in [0.15, 0.2) is 9.95 Å². The molecule has 1 saturated carbocycles. The summed E-state index contributed by atoms with van der Waals surface area (Å²) in [7, 11) is 1.76. The normalized spacial score (nSPS) is 26.7. The number of carbonyl (C=O) groups excluding carboxylic acids is 1. The average Bonchev–Trinajstić information content (AvgIpc) is 2.95. The number of nitrogens with one attached hydrogen (secondary N) is 2. The Kier molecular flexibility index (Phi) is 4.00. The maximum atomic E-state index is 11.6. The Labute approximate surface area is 115 Å². The molecule has 1 fully saturated rings. The third-order valence-corrected chi connectivity index (χ3v) is 4.99. The number of hydrogen-bond acceptors (Lipinski definition) is 5. The molecule has 0 aromatic carbocycles. The van der Waals surface area contributed by atoms with Gasteiger partial charge in [0.25, 0.3) is 0 Å². The first-order chi connectivity index (χ1) is 9.02. The molecule has 0 spiro atoms. The van der Waals surface area contributed by atoms with Gasteiger partial charge in [-0.2, -0.15) is 0 Å². The zero-order valence-corrected chi connectivity index (χ0v) is 11.9. The van der Waals surface area contributed by atoms with Crippen LogP contribution in [0.3, 0.4) is 0 Å². The number of nitrogens with two attached hydrogens (primary N) is 1. The zero-order chi connectivity index (χ0) is 14.0. The summed E-state index contributed by atoms with van der Waals surface area (Å²) in [5.74, 6) is -0.312. The first kappa shape index (κ1) is 14.1. The summed E-state index contributed by atoms with van der Waals surface area (Å²) in [6.07, 6.45) is 2.25. The molecule has 1 heterocycles. The van der Waals surface area contributed by atoms with E-state index < -0.39 is 5.54 Å². The Morgan fingerprint density at radius 1 is 1.74 bits per heavy atom. The van der Waals surface area contributed by atoms with Crippen LogP contribution < -0.4 is 16.7 Å². The minimum atomic E-state index is -0.620. The first-order valence-corrected chi connectivity index (χ1v) is 7.21. The van der Waals surface area contributed by atoms with Crippen molar-refractivity contribution >= 4 is 17.7 Å². The average molecular weight is 285 g/mol. The number of likely N-dealkylation sites (N-methyl/N-ethyl adjacent to an activating group) is 1. The molecule has 1 aliphatic carbocycles. The number of hydrogen-bond donors (Lipinski definition) is 3. The van der Waals surface area contributed by atoms with E-state index in [4.69, 9.17) is 5.73 Å². The molecule has 7 nitrogen and oxygen atoms in total. The number of primary amides is 1. The fourth-order valence-electron chi connectivity index (χ4n) is 2.50. The van der Waals surface area contributed by atoms with Crippen molar-refractivity contribution in [3.8, 4) is 0 Å². The summed E-state index contributed by atoms with van der Waals surface area (Å²) >= 11 is 1.53. The minimum Gasteiger partial charge on any atom is -0.368 e. The number of nitrogens with zero attached hydrogens (tertiary/aromatic N) is 2. The Balaban J connectivity index is 2.10. The van der Waals surface area contributed by atoms with Crippen molar-refractivity contribution in [1.82, 2.24) is 20.1 Å². The van der Waals surface area contributed by atoms with Crippen LogP contribution in [0, 0.1) is 0 Å². The molecule has 1 aliphatic rings. The smallest absolute Gasteiger partial charge is 0.343 e. The second-order valence-electron chi connectivity index (χ2n) is 4.73. The van der Waals surface area contributed by atoms with Crippen LogP contribution >= 0.6 is 11.8 Å². The quantitative estimate of drug-likeness (QED) is 0.687. The number of amides is 1. The van der Waals surface area contributed by atoms with Crippen LogP contribution in [0.25, 0.3) is 0 Å². The predicted octanol–water partition coefficient (Wildman–Crippen LogP) is -0.321. The van der Waals surface area contributed by atoms with E-state index in [-0.39, 0.29) is 16.8 Å². The molecule has 1 aromatic heterocycles. The Morgan fingerprint density at radius 3 is 3.00 bits per heavy atom. The summed E-state index contributed by atoms with van der Waals surface area (Å²) in [5, 5.41) is 10.4. The van der Waals surface area contributed by atoms with Crippen LogP contribution in [0.4, 0.5) is 0 Å². The molecule has 8 heteroatoms. The molecule has 4 N–H and O–H groups in total. The number of thioether (sulfide) groups is 1. The summed E-state index contributed by atoms with van der Waals surface area (Å²) < 4.78 is 1.59. The van der Waals surface area contributed by atoms with Gasteiger partial charge in [-0.15, -0.1) is 5.10 Å². The molecule has 19 heavy (non-hydrogen) atoms. The molecular formula is C11H19N5O2S. The van der Waals surface area contributed by atoms with Gasteiger partial charge in [0.1, 0.15) is 0 Å². The van der Waals surface area contributed by atoms with Crippen molar-refractivity contribution in [1.29, 1.82) is 0 Å². The van der Waals surface area contributed by atoms with E-state index in [9.17, 15) is 9.59 Å². The molecule has 1 aromatic rings. The number of aromatic amines is 1. The summed E-state index contributed by atoms with van der Waals surface area (Å²) in [6.45, 7) is 2.48. The molecule has 0 radical (unpaired) electrons. The largest absolute Gasteiger partial charge is 0.368 e. The van der Waals surface area contributed by atoms with E-state index in [1.807, 2.05) is 6.92 Å². The van der Waals surface area contributed by atoms with Crippen LogP contribution in [0.1, 0.15) is 26.2 Å². The molecular weight excluding hydrogens is 266 g/mol. The Bertz CT molecular complexity index is 525. The van der Waals surface area contributed by atoms with Crippen molar-refractivity contribution in [2.75, 3.05) is 7.05 Å². The summed E-state index contributed by atoms with van der Waals surface area (Å²) in [5.41, 5.74) is 4.66. The van der Waals surface area contributed by atoms with E-state index in [2.05, 4.69) is 15.5 Å². The highest BCUT2D eigenvalue weighted by Crippen LogP contribution is 2.39. The lowest BCUT2D eigenvalue weighted by molar-refractivity contribution is -0.124. The van der Waals surface area contributed by atoms with Gasteiger partial charge in [-0.25, -0.2) is 9.89 Å². The lowest BCUT2D eigenvalue weighted by Gasteiger charge is -2.24. The maximum Gasteiger partial charge on any atom is 0.343 e. The van der Waals surface area contributed by atoms with Gasteiger partial charge in [0, 0.05) is 11.8 Å². The van der Waals surface area contributed by atoms with Crippen LogP contribution in [-0.2, 0) is 11.3 Å². The number of carbonyl (C=O) groups is 1.